The topological polar surface area (TPSA) is 35.5 Å². The van der Waals surface area contributed by atoms with Crippen molar-refractivity contribution in [2.45, 2.75) is 51.6 Å². The number of benzene rings is 1. The van der Waals surface area contributed by atoms with Gasteiger partial charge >= 0.3 is 0 Å². The SMILES string of the molecule is CCNC(C)c1cccc(F)c1N(CCCO)C1CCC1. The van der Waals surface area contributed by atoms with E-state index >= 15 is 0 Å². The molecule has 1 fully saturated rings. The summed E-state index contributed by atoms with van der Waals surface area (Å²) < 4.78 is 14.5. The number of anilines is 1. The van der Waals surface area contributed by atoms with Crippen LogP contribution in [0.5, 0.6) is 0 Å². The molecule has 0 aliphatic heterocycles. The first-order chi connectivity index (χ1) is 10.2. The number of hydrogen-bond donors (Lipinski definition) is 2. The van der Waals surface area contributed by atoms with Crippen LogP contribution in [0, 0.1) is 5.82 Å². The van der Waals surface area contributed by atoms with Crippen LogP contribution in [-0.2, 0) is 0 Å². The molecule has 1 unspecified atom stereocenters. The first-order valence-electron chi connectivity index (χ1n) is 8.08. The van der Waals surface area contributed by atoms with Crippen LogP contribution in [0.3, 0.4) is 0 Å². The zero-order chi connectivity index (χ0) is 15.2. The minimum Gasteiger partial charge on any atom is -0.396 e. The zero-order valence-corrected chi connectivity index (χ0v) is 13.1. The number of nitrogens with one attached hydrogen (secondary N) is 1. The smallest absolute Gasteiger partial charge is 0.146 e. The second kappa shape index (κ2) is 7.76. The number of nitrogens with zero attached hydrogens (tertiary/aromatic N) is 1. The van der Waals surface area contributed by atoms with Gasteiger partial charge in [-0.1, -0.05) is 19.1 Å². The van der Waals surface area contributed by atoms with E-state index in [2.05, 4.69) is 24.1 Å². The first-order valence-corrected chi connectivity index (χ1v) is 8.08. The first kappa shape index (κ1) is 16.2. The molecule has 0 aromatic heterocycles. The van der Waals surface area contributed by atoms with Crippen molar-refractivity contribution in [3.63, 3.8) is 0 Å². The van der Waals surface area contributed by atoms with Crippen LogP contribution in [0.15, 0.2) is 18.2 Å². The summed E-state index contributed by atoms with van der Waals surface area (Å²) >= 11 is 0. The second-order valence-electron chi connectivity index (χ2n) is 5.81. The molecule has 4 heteroatoms. The van der Waals surface area contributed by atoms with E-state index < -0.39 is 0 Å². The third-order valence-corrected chi connectivity index (χ3v) is 4.35. The third-order valence-electron chi connectivity index (χ3n) is 4.35. The Kier molecular flexibility index (Phi) is 6.00. The summed E-state index contributed by atoms with van der Waals surface area (Å²) in [4.78, 5) is 2.18. The van der Waals surface area contributed by atoms with Crippen LogP contribution in [0.2, 0.25) is 0 Å². The summed E-state index contributed by atoms with van der Waals surface area (Å²) in [5, 5.41) is 12.5. The van der Waals surface area contributed by atoms with Gasteiger partial charge < -0.3 is 15.3 Å². The molecule has 0 spiro atoms. The molecule has 0 amide bonds. The van der Waals surface area contributed by atoms with Gasteiger partial charge in [-0.25, -0.2) is 4.39 Å². The Hall–Kier alpha value is -1.13. The highest BCUT2D eigenvalue weighted by atomic mass is 19.1. The molecule has 1 aromatic rings. The highest BCUT2D eigenvalue weighted by Gasteiger charge is 2.29. The molecule has 0 bridgehead atoms. The number of aliphatic hydroxyl groups excluding tert-OH is 1. The lowest BCUT2D eigenvalue weighted by atomic mass is 9.89. The van der Waals surface area contributed by atoms with Crippen molar-refractivity contribution in [1.82, 2.24) is 5.32 Å². The molecule has 21 heavy (non-hydrogen) atoms. The minimum absolute atomic E-state index is 0.123. The van der Waals surface area contributed by atoms with Crippen molar-refractivity contribution in [2.24, 2.45) is 0 Å². The van der Waals surface area contributed by atoms with Gasteiger partial charge in [0, 0.05) is 25.2 Å². The fraction of sp³-hybridized carbons (Fsp3) is 0.647. The van der Waals surface area contributed by atoms with Gasteiger partial charge in [-0.15, -0.1) is 0 Å². The van der Waals surface area contributed by atoms with E-state index in [0.29, 0.717) is 19.0 Å². The predicted octanol–water partition coefficient (Wildman–Crippen LogP) is 3.24. The lowest BCUT2D eigenvalue weighted by molar-refractivity contribution is 0.282. The van der Waals surface area contributed by atoms with Gasteiger partial charge in [0.1, 0.15) is 5.82 Å². The van der Waals surface area contributed by atoms with Crippen molar-refractivity contribution in [3.8, 4) is 0 Å². The number of halogens is 1. The summed E-state index contributed by atoms with van der Waals surface area (Å²) in [6.45, 7) is 5.86. The van der Waals surface area contributed by atoms with Crippen molar-refractivity contribution < 1.29 is 9.50 Å². The molecule has 0 heterocycles. The quantitative estimate of drug-likeness (QED) is 0.772. The predicted molar refractivity (Wildman–Crippen MR) is 85.2 cm³/mol. The van der Waals surface area contributed by atoms with Crippen LogP contribution in [0.4, 0.5) is 10.1 Å². The minimum atomic E-state index is -0.151. The molecular weight excluding hydrogens is 267 g/mol. The highest BCUT2D eigenvalue weighted by Crippen LogP contribution is 2.36. The Labute approximate surface area is 127 Å². The fourth-order valence-electron chi connectivity index (χ4n) is 3.02. The zero-order valence-electron chi connectivity index (χ0n) is 13.1. The second-order valence-corrected chi connectivity index (χ2v) is 5.81. The van der Waals surface area contributed by atoms with Crippen molar-refractivity contribution in [2.75, 3.05) is 24.6 Å². The third kappa shape index (κ3) is 3.74. The Balaban J connectivity index is 2.32. The average molecular weight is 294 g/mol. The molecule has 2 rings (SSSR count). The van der Waals surface area contributed by atoms with E-state index in [-0.39, 0.29) is 18.5 Å². The molecule has 0 saturated heterocycles. The summed E-state index contributed by atoms with van der Waals surface area (Å²) in [5.41, 5.74) is 1.74. The van der Waals surface area contributed by atoms with Gasteiger partial charge in [-0.05, 0) is 50.8 Å². The maximum Gasteiger partial charge on any atom is 0.146 e. The van der Waals surface area contributed by atoms with Crippen molar-refractivity contribution >= 4 is 5.69 Å². The Bertz CT molecular complexity index is 448. The molecule has 1 aromatic carbocycles. The van der Waals surface area contributed by atoms with Gasteiger partial charge in [0.25, 0.3) is 0 Å². The van der Waals surface area contributed by atoms with E-state index in [9.17, 15) is 4.39 Å². The normalized spacial score (nSPS) is 16.6. The summed E-state index contributed by atoms with van der Waals surface area (Å²) in [6, 6.07) is 5.88. The molecule has 118 valence electrons. The fourth-order valence-corrected chi connectivity index (χ4v) is 3.02. The van der Waals surface area contributed by atoms with Crippen molar-refractivity contribution in [3.05, 3.63) is 29.6 Å². The summed E-state index contributed by atoms with van der Waals surface area (Å²) in [6.07, 6.45) is 4.14. The molecular formula is C17H27FN2O. The van der Waals surface area contributed by atoms with Crippen LogP contribution >= 0.6 is 0 Å². The molecule has 1 aliphatic rings. The Morgan fingerprint density at radius 3 is 2.76 bits per heavy atom. The maximum atomic E-state index is 14.5. The molecule has 3 nitrogen and oxygen atoms in total. The molecule has 1 saturated carbocycles. The van der Waals surface area contributed by atoms with Crippen molar-refractivity contribution in [1.29, 1.82) is 0 Å². The van der Waals surface area contributed by atoms with Crippen LogP contribution in [0.1, 0.15) is 51.1 Å². The largest absolute Gasteiger partial charge is 0.396 e. The lowest BCUT2D eigenvalue weighted by Crippen LogP contribution is -2.42. The maximum absolute atomic E-state index is 14.5. The van der Waals surface area contributed by atoms with Gasteiger partial charge in [0.2, 0.25) is 0 Å². The van der Waals surface area contributed by atoms with Gasteiger partial charge in [0.15, 0.2) is 0 Å². The standard InChI is InChI=1S/C17H27FN2O/c1-3-19-13(2)15-9-5-10-16(18)17(15)20(11-6-12-21)14-7-4-8-14/h5,9-10,13-14,19,21H,3-4,6-8,11-12H2,1-2H3. The van der Waals surface area contributed by atoms with Gasteiger partial charge in [0.05, 0.1) is 5.69 Å². The highest BCUT2D eigenvalue weighted by molar-refractivity contribution is 5.57. The monoisotopic (exact) mass is 294 g/mol. The molecule has 0 radical (unpaired) electrons. The van der Waals surface area contributed by atoms with Gasteiger partial charge in [-0.3, -0.25) is 0 Å². The lowest BCUT2D eigenvalue weighted by Gasteiger charge is -2.41. The summed E-state index contributed by atoms with van der Waals surface area (Å²) in [7, 11) is 0. The number of hydrogen-bond acceptors (Lipinski definition) is 3. The van der Waals surface area contributed by atoms with E-state index in [1.807, 2.05) is 6.07 Å². The Morgan fingerprint density at radius 1 is 1.43 bits per heavy atom. The summed E-state index contributed by atoms with van der Waals surface area (Å²) in [5.74, 6) is -0.151. The molecule has 2 N–H and O–H groups in total. The van der Waals surface area contributed by atoms with E-state index in [4.69, 9.17) is 5.11 Å². The van der Waals surface area contributed by atoms with Gasteiger partial charge in [-0.2, -0.15) is 0 Å². The number of para-hydroxylation sites is 1. The Morgan fingerprint density at radius 2 is 2.19 bits per heavy atom. The van der Waals surface area contributed by atoms with E-state index in [1.54, 1.807) is 12.1 Å². The van der Waals surface area contributed by atoms with Crippen LogP contribution < -0.4 is 10.2 Å². The van der Waals surface area contributed by atoms with Crippen LogP contribution in [0.25, 0.3) is 0 Å². The average Bonchev–Trinajstić information content (AvgIpc) is 2.41. The number of rotatable bonds is 8. The van der Waals surface area contributed by atoms with E-state index in [1.165, 1.54) is 6.42 Å². The van der Waals surface area contributed by atoms with Crippen LogP contribution in [-0.4, -0.2) is 30.8 Å². The molecule has 1 atom stereocenters. The van der Waals surface area contributed by atoms with E-state index in [0.717, 1.165) is 30.6 Å². The molecule has 1 aliphatic carbocycles. The number of aliphatic hydroxyl groups is 1.